The summed E-state index contributed by atoms with van der Waals surface area (Å²) in [6.07, 6.45) is 11.0. The van der Waals surface area contributed by atoms with Crippen LogP contribution in [-0.4, -0.2) is 69.2 Å². The summed E-state index contributed by atoms with van der Waals surface area (Å²) >= 11 is 6.80. The van der Waals surface area contributed by atoms with E-state index in [-0.39, 0.29) is 30.5 Å². The molecule has 3 aromatic rings. The van der Waals surface area contributed by atoms with Crippen LogP contribution in [0.1, 0.15) is 38.5 Å². The largest absolute Gasteiger partial charge is 0.395 e. The number of piperidine rings is 1. The number of aromatic amines is 1. The zero-order valence-corrected chi connectivity index (χ0v) is 20.6. The summed E-state index contributed by atoms with van der Waals surface area (Å²) in [5.41, 5.74) is 2.77. The third kappa shape index (κ3) is 5.44. The van der Waals surface area contributed by atoms with Crippen LogP contribution in [0.4, 0.5) is 5.82 Å². The van der Waals surface area contributed by atoms with Gasteiger partial charge < -0.3 is 25.6 Å². The number of pyridine rings is 2. The van der Waals surface area contributed by atoms with Crippen molar-refractivity contribution in [3.8, 4) is 11.1 Å². The molecule has 1 amide bonds. The molecule has 9 heteroatoms. The van der Waals surface area contributed by atoms with Gasteiger partial charge >= 0.3 is 0 Å². The van der Waals surface area contributed by atoms with E-state index in [1.807, 2.05) is 24.4 Å². The molecule has 0 atom stereocenters. The Kier molecular flexibility index (Phi) is 7.51. The van der Waals surface area contributed by atoms with E-state index >= 15 is 0 Å². The fourth-order valence-corrected chi connectivity index (χ4v) is 5.65. The van der Waals surface area contributed by atoms with E-state index in [1.165, 1.54) is 0 Å². The molecule has 186 valence electrons. The van der Waals surface area contributed by atoms with Gasteiger partial charge in [-0.25, -0.2) is 9.97 Å². The molecule has 3 aromatic heterocycles. The van der Waals surface area contributed by atoms with Gasteiger partial charge in [0.05, 0.1) is 11.6 Å². The number of carbonyl (C=O) groups is 1. The Morgan fingerprint density at radius 1 is 1.06 bits per heavy atom. The Hall–Kier alpha value is -2.68. The van der Waals surface area contributed by atoms with Crippen LogP contribution in [0, 0.1) is 5.92 Å². The first-order valence-electron chi connectivity index (χ1n) is 12.6. The van der Waals surface area contributed by atoms with Gasteiger partial charge in [-0.15, -0.1) is 0 Å². The molecular weight excluding hydrogens is 464 g/mol. The lowest BCUT2D eigenvalue weighted by Gasteiger charge is -2.34. The molecule has 0 aromatic carbocycles. The van der Waals surface area contributed by atoms with Gasteiger partial charge in [0, 0.05) is 59.7 Å². The van der Waals surface area contributed by atoms with Crippen molar-refractivity contribution in [2.45, 2.75) is 50.6 Å². The lowest BCUT2D eigenvalue weighted by Crippen LogP contribution is -2.46. The highest BCUT2D eigenvalue weighted by Crippen LogP contribution is 2.37. The minimum atomic E-state index is 0.0891. The molecule has 0 spiro atoms. The molecular formula is C26H33ClN6O2. The highest BCUT2D eigenvalue weighted by Gasteiger charge is 2.28. The maximum Gasteiger partial charge on any atom is 0.223 e. The Balaban J connectivity index is 1.15. The summed E-state index contributed by atoms with van der Waals surface area (Å²) < 4.78 is 0. The van der Waals surface area contributed by atoms with Gasteiger partial charge in [-0.3, -0.25) is 4.79 Å². The highest BCUT2D eigenvalue weighted by molar-refractivity contribution is 6.36. The maximum absolute atomic E-state index is 12.8. The zero-order chi connectivity index (χ0) is 24.2. The first kappa shape index (κ1) is 24.0. The van der Waals surface area contributed by atoms with Crippen molar-refractivity contribution in [2.24, 2.45) is 5.92 Å². The molecule has 0 bridgehead atoms. The van der Waals surface area contributed by atoms with Crippen molar-refractivity contribution in [1.82, 2.24) is 25.2 Å². The topological polar surface area (TPSA) is 106 Å². The van der Waals surface area contributed by atoms with Crippen molar-refractivity contribution < 1.29 is 9.90 Å². The summed E-state index contributed by atoms with van der Waals surface area (Å²) in [6.45, 7) is 2.65. The predicted octanol–water partition coefficient (Wildman–Crippen LogP) is 3.82. The van der Waals surface area contributed by atoms with Gasteiger partial charge in [0.15, 0.2) is 0 Å². The lowest BCUT2D eigenvalue weighted by molar-refractivity contribution is -0.127. The zero-order valence-electron chi connectivity index (χ0n) is 19.8. The summed E-state index contributed by atoms with van der Waals surface area (Å²) in [5.74, 6) is 0.978. The number of halogens is 1. The fourth-order valence-electron chi connectivity index (χ4n) is 5.39. The number of carbonyl (C=O) groups excluding carboxylic acids is 1. The van der Waals surface area contributed by atoms with Crippen LogP contribution in [0.5, 0.6) is 0 Å². The number of rotatable bonds is 7. The van der Waals surface area contributed by atoms with Crippen molar-refractivity contribution in [3.05, 3.63) is 41.8 Å². The van der Waals surface area contributed by atoms with Crippen molar-refractivity contribution in [2.75, 3.05) is 31.6 Å². The second-order valence-corrected chi connectivity index (χ2v) is 10.0. The Labute approximate surface area is 210 Å². The number of H-pyrrole nitrogens is 1. The second kappa shape index (κ2) is 10.9. The van der Waals surface area contributed by atoms with Crippen LogP contribution >= 0.6 is 11.6 Å². The van der Waals surface area contributed by atoms with Gasteiger partial charge in [-0.1, -0.05) is 11.6 Å². The van der Waals surface area contributed by atoms with E-state index in [1.54, 1.807) is 12.4 Å². The highest BCUT2D eigenvalue weighted by atomic mass is 35.5. The monoisotopic (exact) mass is 496 g/mol. The molecule has 5 rings (SSSR count). The van der Waals surface area contributed by atoms with Crippen molar-refractivity contribution in [3.63, 3.8) is 0 Å². The molecule has 2 aliphatic rings. The molecule has 0 radical (unpaired) electrons. The number of fused-ring (bicyclic) bond motifs is 1. The van der Waals surface area contributed by atoms with Gasteiger partial charge in [0.1, 0.15) is 11.5 Å². The van der Waals surface area contributed by atoms with Crippen LogP contribution < -0.4 is 10.6 Å². The first-order chi connectivity index (χ1) is 17.1. The normalized spacial score (nSPS) is 21.8. The van der Waals surface area contributed by atoms with E-state index in [4.69, 9.17) is 16.7 Å². The van der Waals surface area contributed by atoms with Gasteiger partial charge in [-0.05, 0) is 69.8 Å². The number of amides is 1. The van der Waals surface area contributed by atoms with Gasteiger partial charge in [0.2, 0.25) is 5.91 Å². The number of nitrogens with zero attached hydrogens (tertiary/aromatic N) is 3. The molecule has 1 aliphatic carbocycles. The molecule has 2 fully saturated rings. The number of aromatic nitrogens is 3. The number of aliphatic hydroxyl groups excluding tert-OH is 1. The third-order valence-electron chi connectivity index (χ3n) is 7.42. The Morgan fingerprint density at radius 3 is 2.60 bits per heavy atom. The first-order valence-corrected chi connectivity index (χ1v) is 13.0. The van der Waals surface area contributed by atoms with Crippen molar-refractivity contribution in [1.29, 1.82) is 0 Å². The number of hydrogen-bond acceptors (Lipinski definition) is 6. The van der Waals surface area contributed by atoms with Gasteiger partial charge in [-0.2, -0.15) is 0 Å². The van der Waals surface area contributed by atoms with E-state index in [9.17, 15) is 4.79 Å². The lowest BCUT2D eigenvalue weighted by atomic mass is 9.89. The summed E-state index contributed by atoms with van der Waals surface area (Å²) in [5, 5.41) is 17.6. The molecule has 35 heavy (non-hydrogen) atoms. The quantitative estimate of drug-likeness (QED) is 0.396. The molecule has 0 unspecified atom stereocenters. The number of anilines is 1. The Morgan fingerprint density at radius 2 is 1.83 bits per heavy atom. The summed E-state index contributed by atoms with van der Waals surface area (Å²) in [7, 11) is 0. The van der Waals surface area contributed by atoms with E-state index in [2.05, 4.69) is 30.5 Å². The molecule has 1 saturated heterocycles. The minimum Gasteiger partial charge on any atom is -0.395 e. The van der Waals surface area contributed by atoms with E-state index in [0.29, 0.717) is 17.4 Å². The smallest absolute Gasteiger partial charge is 0.223 e. The number of β-amino-alcohol motifs (C(OH)–C–C–N with tert-alkyl or cyclic N) is 1. The van der Waals surface area contributed by atoms with Crippen LogP contribution in [-0.2, 0) is 4.79 Å². The van der Waals surface area contributed by atoms with Crippen LogP contribution in [0.3, 0.4) is 0 Å². The standard InChI is InChI=1S/C26H33ClN6O2/c27-23-20(22-16-30-24-21(22)2-1-10-28-24)7-11-29-25(23)31-18-3-5-19(6-4-18)32-26(35)17-8-12-33(13-9-17)14-15-34/h1-2,7,10-11,16-19,34H,3-6,8-9,12-15H2,(H,28,30)(H,29,31)(H,32,35). The predicted molar refractivity (Wildman–Crippen MR) is 138 cm³/mol. The molecule has 4 heterocycles. The van der Waals surface area contributed by atoms with Gasteiger partial charge in [0.25, 0.3) is 0 Å². The Bertz CT molecular complexity index is 1150. The SMILES string of the molecule is O=C(NC1CCC(Nc2nccc(-c3c[nH]c4ncccc34)c2Cl)CC1)C1CCN(CCO)CC1. The van der Waals surface area contributed by atoms with E-state index < -0.39 is 0 Å². The van der Waals surface area contributed by atoms with Crippen LogP contribution in [0.2, 0.25) is 5.02 Å². The minimum absolute atomic E-state index is 0.0891. The number of likely N-dealkylation sites (tertiary alicyclic amines) is 1. The maximum atomic E-state index is 12.8. The summed E-state index contributed by atoms with van der Waals surface area (Å²) in [4.78, 5) is 27.1. The third-order valence-corrected chi connectivity index (χ3v) is 7.80. The number of hydrogen-bond donors (Lipinski definition) is 4. The molecule has 4 N–H and O–H groups in total. The summed E-state index contributed by atoms with van der Waals surface area (Å²) in [6, 6.07) is 6.39. The van der Waals surface area contributed by atoms with E-state index in [0.717, 1.165) is 73.8 Å². The average molecular weight is 497 g/mol. The molecule has 1 aliphatic heterocycles. The van der Waals surface area contributed by atoms with Crippen molar-refractivity contribution >= 4 is 34.4 Å². The molecule has 1 saturated carbocycles. The van der Waals surface area contributed by atoms with Crippen LogP contribution in [0.15, 0.2) is 36.8 Å². The average Bonchev–Trinajstić information content (AvgIpc) is 3.31. The fraction of sp³-hybridized carbons (Fsp3) is 0.500. The molecule has 8 nitrogen and oxygen atoms in total. The second-order valence-electron chi connectivity index (χ2n) is 9.66. The number of aliphatic hydroxyl groups is 1. The van der Waals surface area contributed by atoms with Crippen LogP contribution in [0.25, 0.3) is 22.2 Å². The number of nitrogens with one attached hydrogen (secondary N) is 3.